The van der Waals surface area contributed by atoms with Crippen LogP contribution in [0.4, 0.5) is 17.6 Å². The number of hydrogen-bond acceptors (Lipinski definition) is 17. The second kappa shape index (κ2) is 55.4. The Bertz CT molecular complexity index is 7190. The number of aromatic nitrogens is 4. The fraction of sp³-hybridized carbons (Fsp3) is 0.246. The van der Waals surface area contributed by atoms with Crippen LogP contribution in [0.15, 0.2) is 298 Å². The second-order valence-electron chi connectivity index (χ2n) is 34.0. The lowest BCUT2D eigenvalue weighted by molar-refractivity contribution is -0.137. The van der Waals surface area contributed by atoms with Crippen molar-refractivity contribution in [2.75, 3.05) is 61.7 Å². The highest BCUT2D eigenvalue weighted by Gasteiger charge is 2.36. The molecule has 4 aromatic heterocycles. The third kappa shape index (κ3) is 29.2. The van der Waals surface area contributed by atoms with E-state index >= 15 is 4.39 Å². The van der Waals surface area contributed by atoms with Gasteiger partial charge >= 0.3 is 30.1 Å². The van der Waals surface area contributed by atoms with E-state index in [1.54, 1.807) is 49.8 Å². The largest absolute Gasteiger partial charge is 0.496 e. The highest BCUT2D eigenvalue weighted by atomic mass is 19.4. The highest BCUT2D eigenvalue weighted by Crippen LogP contribution is 2.43. The van der Waals surface area contributed by atoms with Gasteiger partial charge in [0.25, 0.3) is 23.6 Å². The molecule has 0 saturated heterocycles. The quantitative estimate of drug-likeness (QED) is 0.0129. The van der Waals surface area contributed by atoms with E-state index in [1.807, 2.05) is 201 Å². The molecule has 25 heteroatoms. The number of halogens is 4. The maximum absolute atomic E-state index is 15.1. The van der Waals surface area contributed by atoms with E-state index in [0.29, 0.717) is 135 Å². The SMILES string of the molecule is C.C.C.C.CCCCNC(=O)c1ccc(-c2cc3c(Cc4ccccc4)c(C(=O)OC)cnc3cc2C(F)(F)F)cc1.CCCCNC(=O)c1ccc(-c2cc3c(Cc4ccccc4)c(C(=O)OC)cnc3cc2F)cc1.CCCCNC(=O)c1ccc(-c2cc3c(Cc4ccccc4)c(C(=O)OC)cnc3cc2OC)cc1.CCCCNC(=O)c1ccc(-c2ccc3ncc(C(=O)OC)c(Cc4ccccc4)c3c2)cc1. The van der Waals surface area contributed by atoms with E-state index in [1.165, 1.54) is 77.2 Å². The zero-order valence-corrected chi connectivity index (χ0v) is 81.2. The molecule has 147 heavy (non-hydrogen) atoms. The third-order valence-corrected chi connectivity index (χ3v) is 24.4. The van der Waals surface area contributed by atoms with E-state index < -0.39 is 41.4 Å². The number of hydrogen-bond donors (Lipinski definition) is 4. The molecule has 4 N–H and O–H groups in total. The number of amides is 4. The molecule has 16 aromatic rings. The molecular weight excluding hydrogens is 1860 g/mol. The van der Waals surface area contributed by atoms with Gasteiger partial charge in [0.2, 0.25) is 0 Å². The Morgan fingerprint density at radius 2 is 0.558 bits per heavy atom. The van der Waals surface area contributed by atoms with Crippen molar-refractivity contribution in [3.05, 3.63) is 398 Å². The number of nitrogens with one attached hydrogen (secondary N) is 4. The summed E-state index contributed by atoms with van der Waals surface area (Å²) in [5.41, 5.74) is 16.8. The predicted molar refractivity (Wildman–Crippen MR) is 578 cm³/mol. The molecule has 4 amide bonds. The third-order valence-electron chi connectivity index (χ3n) is 24.4. The van der Waals surface area contributed by atoms with Crippen LogP contribution in [0, 0.1) is 5.82 Å². The highest BCUT2D eigenvalue weighted by molar-refractivity contribution is 6.05. The molecule has 0 unspecified atom stereocenters. The van der Waals surface area contributed by atoms with E-state index in [9.17, 15) is 51.5 Å². The molecule has 4 heterocycles. The predicted octanol–water partition coefficient (Wildman–Crippen LogP) is 26.9. The maximum atomic E-state index is 15.1. The Morgan fingerprint density at radius 3 is 0.864 bits per heavy atom. The summed E-state index contributed by atoms with van der Waals surface area (Å²) in [6.45, 7) is 10.8. The molecule has 0 radical (unpaired) electrons. The summed E-state index contributed by atoms with van der Waals surface area (Å²) in [4.78, 5) is 117. The van der Waals surface area contributed by atoms with Crippen LogP contribution in [0.5, 0.6) is 5.75 Å². The normalized spacial score (nSPS) is 10.6. The zero-order chi connectivity index (χ0) is 101. The van der Waals surface area contributed by atoms with Gasteiger partial charge in [0.1, 0.15) is 11.6 Å². The van der Waals surface area contributed by atoms with Crippen molar-refractivity contribution in [3.63, 3.8) is 0 Å². The Hall–Kier alpha value is -16.4. The summed E-state index contributed by atoms with van der Waals surface area (Å²) >= 11 is 0. The zero-order valence-electron chi connectivity index (χ0n) is 81.2. The lowest BCUT2D eigenvalue weighted by atomic mass is 9.91. The number of methoxy groups -OCH3 is 5. The topological polar surface area (TPSA) is 282 Å². The van der Waals surface area contributed by atoms with Crippen LogP contribution >= 0.6 is 0 Å². The van der Waals surface area contributed by atoms with Crippen molar-refractivity contribution in [3.8, 4) is 50.3 Å². The Morgan fingerprint density at radius 1 is 0.293 bits per heavy atom. The van der Waals surface area contributed by atoms with Gasteiger partial charge in [0.15, 0.2) is 0 Å². The average molecular weight is 1990 g/mol. The minimum Gasteiger partial charge on any atom is -0.496 e. The molecule has 0 atom stereocenters. The number of alkyl halides is 3. The molecule has 12 aromatic carbocycles. The number of ether oxygens (including phenoxy) is 5. The molecule has 0 saturated carbocycles. The van der Waals surface area contributed by atoms with Crippen LogP contribution in [0.3, 0.4) is 0 Å². The summed E-state index contributed by atoms with van der Waals surface area (Å²) in [6, 6.07) is 82.4. The number of fused-ring (bicyclic) bond motifs is 4. The van der Waals surface area contributed by atoms with Gasteiger partial charge < -0.3 is 45.0 Å². The van der Waals surface area contributed by atoms with Crippen LogP contribution in [-0.4, -0.2) is 129 Å². The van der Waals surface area contributed by atoms with Gasteiger partial charge in [0, 0.05) is 118 Å². The van der Waals surface area contributed by atoms with Crippen LogP contribution in [0.1, 0.15) is 242 Å². The first-order valence-electron chi connectivity index (χ1n) is 47.5. The smallest absolute Gasteiger partial charge is 0.417 e. The lowest BCUT2D eigenvalue weighted by Crippen LogP contribution is -2.24. The number of carbonyl (C=O) groups is 8. The average Bonchev–Trinajstić information content (AvgIpc) is 0.762. The molecule has 21 nitrogen and oxygen atoms in total. The minimum atomic E-state index is -4.65. The fourth-order valence-corrected chi connectivity index (χ4v) is 16.6. The lowest BCUT2D eigenvalue weighted by Gasteiger charge is -2.18. The van der Waals surface area contributed by atoms with E-state index in [0.717, 1.165) is 140 Å². The first-order chi connectivity index (χ1) is 69.4. The summed E-state index contributed by atoms with van der Waals surface area (Å²) < 4.78 is 83.4. The number of unbranched alkanes of at least 4 members (excludes halogenated alkanes) is 4. The molecular formula is C122H128F4N8O13. The standard InChI is InChI=1S/C30H27F3N2O3.C30H30N2O4.C29H27FN2O3.C29H28N2O3.4CH4/c1-3-4-14-34-28(36)21-12-10-20(11-13-21)22-16-24-23(15-19-8-6-5-7-9-19)25(29(37)38-2)18-35-27(24)17-26(22)30(31,32)33;1-4-5-15-31-29(33)22-13-11-21(12-14-22)23-17-25-24(16-20-9-7-6-8-10-20)26(30(34)36-3)19-32-27(25)18-28(23)35-2;1-3-4-14-31-28(33)21-12-10-20(11-13-21)22-16-24-23(15-19-8-6-5-7-9-19)25(29(34)35-2)18-32-27(24)17-26(22)30;1-3-4-16-30-28(32)22-12-10-21(11-13-22)23-14-15-27-25(18-23)24(17-20-8-6-5-7-9-20)26(19-31-27)29(33)34-2;;;;/h5-13,16-18H,3-4,14-15H2,1-2H3,(H,34,36);6-14,17-19H,4-5,15-16H2,1-3H3,(H,31,33);5-13,16-18H,3-4,14-15H2,1-2H3,(H,31,33);5-15,18-19H,3-4,16-17H2,1-2H3,(H,30,32);4*1H4. The summed E-state index contributed by atoms with van der Waals surface area (Å²) in [7, 11) is 6.95. The van der Waals surface area contributed by atoms with Crippen molar-refractivity contribution in [2.45, 2.75) is 141 Å². The van der Waals surface area contributed by atoms with Crippen molar-refractivity contribution in [1.82, 2.24) is 41.2 Å². The van der Waals surface area contributed by atoms with Gasteiger partial charge in [-0.05, 0) is 214 Å². The van der Waals surface area contributed by atoms with Gasteiger partial charge in [-0.25, -0.2) is 23.6 Å². The summed E-state index contributed by atoms with van der Waals surface area (Å²) in [5.74, 6) is -2.28. The number of benzene rings is 12. The number of rotatable bonds is 33. The first kappa shape index (κ1) is 114. The Balaban J connectivity index is 0.000000216. The van der Waals surface area contributed by atoms with Crippen LogP contribution in [0.25, 0.3) is 88.1 Å². The number of carbonyl (C=O) groups excluding carboxylic acids is 8. The molecule has 0 aliphatic rings. The summed E-state index contributed by atoms with van der Waals surface area (Å²) in [5, 5.41) is 14.4. The number of nitrogens with zero attached hydrogens (tertiary/aromatic N) is 4. The Labute approximate surface area is 857 Å². The van der Waals surface area contributed by atoms with Crippen LogP contribution < -0.4 is 26.0 Å². The monoisotopic (exact) mass is 1990 g/mol. The van der Waals surface area contributed by atoms with Crippen molar-refractivity contribution in [2.24, 2.45) is 0 Å². The fourth-order valence-electron chi connectivity index (χ4n) is 16.6. The molecule has 0 spiro atoms. The van der Waals surface area contributed by atoms with Gasteiger partial charge in [-0.2, -0.15) is 13.2 Å². The van der Waals surface area contributed by atoms with Crippen molar-refractivity contribution in [1.29, 1.82) is 0 Å². The van der Waals surface area contributed by atoms with E-state index in [2.05, 4.69) is 68.0 Å². The maximum Gasteiger partial charge on any atom is 0.417 e. The van der Waals surface area contributed by atoms with Gasteiger partial charge in [-0.3, -0.25) is 39.1 Å². The van der Waals surface area contributed by atoms with Gasteiger partial charge in [0.05, 0.1) is 85.4 Å². The van der Waals surface area contributed by atoms with E-state index in [-0.39, 0.29) is 70.0 Å². The minimum absolute atomic E-state index is 0. The van der Waals surface area contributed by atoms with E-state index in [4.69, 9.17) is 23.7 Å². The van der Waals surface area contributed by atoms with Gasteiger partial charge in [-0.1, -0.05) is 259 Å². The Kier molecular flexibility index (Phi) is 43.0. The molecule has 16 rings (SSSR count). The van der Waals surface area contributed by atoms with Crippen LogP contribution in [0.2, 0.25) is 0 Å². The van der Waals surface area contributed by atoms with Crippen molar-refractivity contribution < 1.29 is 79.6 Å². The molecule has 0 aliphatic heterocycles. The molecule has 0 bridgehead atoms. The molecule has 762 valence electrons. The number of esters is 4. The molecule has 0 aliphatic carbocycles. The van der Waals surface area contributed by atoms with Crippen LogP contribution in [-0.2, 0) is 50.8 Å². The first-order valence-corrected chi connectivity index (χ1v) is 47.5. The summed E-state index contributed by atoms with van der Waals surface area (Å²) in [6.07, 6.45) is 10.8. The van der Waals surface area contributed by atoms with Gasteiger partial charge in [-0.15, -0.1) is 0 Å². The second-order valence-corrected chi connectivity index (χ2v) is 34.0. The number of pyridine rings is 4. The molecule has 0 fully saturated rings. The van der Waals surface area contributed by atoms with Crippen molar-refractivity contribution >= 4 is 91.1 Å².